The van der Waals surface area contributed by atoms with Gasteiger partial charge in [0, 0.05) is 18.1 Å². The lowest BCUT2D eigenvalue weighted by molar-refractivity contribution is 0.100. The van der Waals surface area contributed by atoms with Gasteiger partial charge in [-0.3, -0.25) is 9.78 Å². The van der Waals surface area contributed by atoms with Crippen molar-refractivity contribution in [3.8, 4) is 0 Å². The quantitative estimate of drug-likeness (QED) is 0.746. The standard InChI is InChI=1S/C15H20N4O/c1-10(7-17-2)8-19-14-11-5-3-4-6-13(11)18-9-12(14)15(16)20/h3-6,9-10,17H,7-8H2,1-2H3,(H2,16,20)(H,18,19). The number of para-hydroxylation sites is 1. The summed E-state index contributed by atoms with van der Waals surface area (Å²) in [5, 5.41) is 7.39. The van der Waals surface area contributed by atoms with Gasteiger partial charge in [-0.05, 0) is 25.6 Å². The Labute approximate surface area is 118 Å². The highest BCUT2D eigenvalue weighted by atomic mass is 16.1. The maximum atomic E-state index is 11.6. The number of fused-ring (bicyclic) bond motifs is 1. The molecule has 5 nitrogen and oxygen atoms in total. The number of pyridine rings is 1. The van der Waals surface area contributed by atoms with E-state index in [9.17, 15) is 4.79 Å². The van der Waals surface area contributed by atoms with Crippen LogP contribution in [0.5, 0.6) is 0 Å². The van der Waals surface area contributed by atoms with Gasteiger partial charge in [0.25, 0.3) is 5.91 Å². The topological polar surface area (TPSA) is 80.0 Å². The Kier molecular flexibility index (Phi) is 4.53. The van der Waals surface area contributed by atoms with E-state index in [0.717, 1.165) is 29.7 Å². The van der Waals surface area contributed by atoms with Gasteiger partial charge in [0.2, 0.25) is 0 Å². The monoisotopic (exact) mass is 272 g/mol. The Morgan fingerprint density at radius 1 is 1.35 bits per heavy atom. The number of hydrogen-bond acceptors (Lipinski definition) is 4. The van der Waals surface area contributed by atoms with Crippen molar-refractivity contribution in [2.75, 3.05) is 25.5 Å². The molecular formula is C15H20N4O. The van der Waals surface area contributed by atoms with Gasteiger partial charge in [0.05, 0.1) is 16.8 Å². The van der Waals surface area contributed by atoms with Crippen LogP contribution in [0.25, 0.3) is 10.9 Å². The highest BCUT2D eigenvalue weighted by molar-refractivity contribution is 6.06. The minimum atomic E-state index is -0.466. The zero-order valence-electron chi connectivity index (χ0n) is 11.8. The lowest BCUT2D eigenvalue weighted by Gasteiger charge is -2.16. The summed E-state index contributed by atoms with van der Waals surface area (Å²) in [6.07, 6.45) is 1.54. The first-order valence-electron chi connectivity index (χ1n) is 6.69. The van der Waals surface area contributed by atoms with Crippen LogP contribution in [0, 0.1) is 5.92 Å². The second-order valence-electron chi connectivity index (χ2n) is 4.97. The predicted octanol–water partition coefficient (Wildman–Crippen LogP) is 1.60. The number of primary amides is 1. The number of rotatable bonds is 6. The molecule has 1 unspecified atom stereocenters. The fourth-order valence-electron chi connectivity index (χ4n) is 2.22. The van der Waals surface area contributed by atoms with Crippen LogP contribution in [0.1, 0.15) is 17.3 Å². The van der Waals surface area contributed by atoms with Gasteiger partial charge >= 0.3 is 0 Å². The highest BCUT2D eigenvalue weighted by Gasteiger charge is 2.13. The Morgan fingerprint density at radius 3 is 2.80 bits per heavy atom. The first-order chi connectivity index (χ1) is 9.63. The van der Waals surface area contributed by atoms with Gasteiger partial charge in [-0.25, -0.2) is 0 Å². The van der Waals surface area contributed by atoms with E-state index in [0.29, 0.717) is 11.5 Å². The SMILES string of the molecule is CNCC(C)CNc1c(C(N)=O)cnc2ccccc12. The van der Waals surface area contributed by atoms with E-state index in [-0.39, 0.29) is 0 Å². The number of aromatic nitrogens is 1. The number of carbonyl (C=O) groups is 1. The minimum Gasteiger partial charge on any atom is -0.383 e. The number of anilines is 1. The second-order valence-corrected chi connectivity index (χ2v) is 4.97. The Morgan fingerprint density at radius 2 is 2.10 bits per heavy atom. The van der Waals surface area contributed by atoms with Crippen LogP contribution in [0.4, 0.5) is 5.69 Å². The van der Waals surface area contributed by atoms with E-state index in [1.54, 1.807) is 0 Å². The number of hydrogen-bond donors (Lipinski definition) is 3. The van der Waals surface area contributed by atoms with E-state index in [4.69, 9.17) is 5.73 Å². The maximum Gasteiger partial charge on any atom is 0.252 e. The summed E-state index contributed by atoms with van der Waals surface area (Å²) in [5.41, 5.74) is 7.49. The van der Waals surface area contributed by atoms with Crippen molar-refractivity contribution < 1.29 is 4.79 Å². The molecule has 1 amide bonds. The van der Waals surface area contributed by atoms with Gasteiger partial charge < -0.3 is 16.4 Å². The number of benzene rings is 1. The molecule has 0 saturated carbocycles. The number of carbonyl (C=O) groups excluding carboxylic acids is 1. The van der Waals surface area contributed by atoms with E-state index in [2.05, 4.69) is 22.5 Å². The van der Waals surface area contributed by atoms with Crippen molar-refractivity contribution in [1.29, 1.82) is 0 Å². The lowest BCUT2D eigenvalue weighted by atomic mass is 10.1. The van der Waals surface area contributed by atoms with Crippen LogP contribution in [-0.4, -0.2) is 31.0 Å². The summed E-state index contributed by atoms with van der Waals surface area (Å²) in [7, 11) is 1.92. The van der Waals surface area contributed by atoms with Crippen LogP contribution in [-0.2, 0) is 0 Å². The molecule has 2 aromatic rings. The Balaban J connectivity index is 2.37. The molecule has 0 aliphatic carbocycles. The average Bonchev–Trinajstić information content (AvgIpc) is 2.44. The van der Waals surface area contributed by atoms with Crippen molar-refractivity contribution >= 4 is 22.5 Å². The summed E-state index contributed by atoms with van der Waals surface area (Å²) in [6, 6.07) is 7.71. The fourth-order valence-corrected chi connectivity index (χ4v) is 2.22. The van der Waals surface area contributed by atoms with Gasteiger partial charge in [0.15, 0.2) is 0 Å². The number of amides is 1. The first-order valence-corrected chi connectivity index (χ1v) is 6.69. The van der Waals surface area contributed by atoms with Crippen LogP contribution in [0.3, 0.4) is 0 Å². The number of nitrogens with two attached hydrogens (primary N) is 1. The molecule has 0 spiro atoms. The summed E-state index contributed by atoms with van der Waals surface area (Å²) < 4.78 is 0. The fraction of sp³-hybridized carbons (Fsp3) is 0.333. The summed E-state index contributed by atoms with van der Waals surface area (Å²) in [6.45, 7) is 3.80. The van der Waals surface area contributed by atoms with Crippen molar-refractivity contribution in [2.45, 2.75) is 6.92 Å². The molecular weight excluding hydrogens is 252 g/mol. The molecule has 5 heteroatoms. The Bertz CT molecular complexity index is 612. The van der Waals surface area contributed by atoms with E-state index in [1.807, 2.05) is 31.3 Å². The van der Waals surface area contributed by atoms with E-state index in [1.165, 1.54) is 6.20 Å². The average molecular weight is 272 g/mol. The van der Waals surface area contributed by atoms with Gasteiger partial charge in [-0.15, -0.1) is 0 Å². The molecule has 0 radical (unpaired) electrons. The molecule has 20 heavy (non-hydrogen) atoms. The molecule has 1 atom stereocenters. The molecule has 1 aromatic heterocycles. The number of nitrogens with zero attached hydrogens (tertiary/aromatic N) is 1. The second kappa shape index (κ2) is 6.34. The van der Waals surface area contributed by atoms with Crippen molar-refractivity contribution in [2.24, 2.45) is 11.7 Å². The summed E-state index contributed by atoms with van der Waals surface area (Å²) in [4.78, 5) is 15.8. The molecule has 1 aromatic carbocycles. The van der Waals surface area contributed by atoms with E-state index >= 15 is 0 Å². The third-order valence-electron chi connectivity index (χ3n) is 3.22. The minimum absolute atomic E-state index is 0.431. The highest BCUT2D eigenvalue weighted by Crippen LogP contribution is 2.25. The third-order valence-corrected chi connectivity index (χ3v) is 3.22. The van der Waals surface area contributed by atoms with Gasteiger partial charge in [-0.1, -0.05) is 25.1 Å². The lowest BCUT2D eigenvalue weighted by Crippen LogP contribution is -2.24. The molecule has 0 bridgehead atoms. The molecule has 1 heterocycles. The van der Waals surface area contributed by atoms with E-state index < -0.39 is 5.91 Å². The van der Waals surface area contributed by atoms with Crippen LogP contribution < -0.4 is 16.4 Å². The molecule has 0 aliphatic heterocycles. The van der Waals surface area contributed by atoms with Crippen molar-refractivity contribution in [3.63, 3.8) is 0 Å². The normalized spacial score (nSPS) is 12.3. The predicted molar refractivity (Wildman–Crippen MR) is 81.8 cm³/mol. The van der Waals surface area contributed by atoms with Crippen molar-refractivity contribution in [3.05, 3.63) is 36.0 Å². The first kappa shape index (κ1) is 14.3. The Hall–Kier alpha value is -2.14. The molecule has 0 aliphatic rings. The molecule has 106 valence electrons. The van der Waals surface area contributed by atoms with Crippen LogP contribution in [0.15, 0.2) is 30.5 Å². The molecule has 4 N–H and O–H groups in total. The smallest absolute Gasteiger partial charge is 0.252 e. The molecule has 0 saturated heterocycles. The largest absolute Gasteiger partial charge is 0.383 e. The van der Waals surface area contributed by atoms with Gasteiger partial charge in [0.1, 0.15) is 0 Å². The summed E-state index contributed by atoms with van der Waals surface area (Å²) in [5.74, 6) is -0.0281. The van der Waals surface area contributed by atoms with Gasteiger partial charge in [-0.2, -0.15) is 0 Å². The van der Waals surface area contributed by atoms with Crippen LogP contribution >= 0.6 is 0 Å². The zero-order chi connectivity index (χ0) is 14.5. The maximum absolute atomic E-state index is 11.6. The summed E-state index contributed by atoms with van der Waals surface area (Å²) >= 11 is 0. The number of nitrogens with one attached hydrogen (secondary N) is 2. The van der Waals surface area contributed by atoms with Crippen LogP contribution in [0.2, 0.25) is 0 Å². The third kappa shape index (κ3) is 3.05. The molecule has 0 fully saturated rings. The molecule has 2 rings (SSSR count). The van der Waals surface area contributed by atoms with Crippen molar-refractivity contribution in [1.82, 2.24) is 10.3 Å². The zero-order valence-corrected chi connectivity index (χ0v) is 11.8.